The number of nitrogens with one attached hydrogen (secondary N) is 4. The summed E-state index contributed by atoms with van der Waals surface area (Å²) in [5, 5.41) is 20.4. The Labute approximate surface area is 270 Å². The molecule has 1 unspecified atom stereocenters. The lowest BCUT2D eigenvalue weighted by Gasteiger charge is -2.32. The second kappa shape index (κ2) is 14.0. The molecule has 5 rings (SSSR count). The van der Waals surface area contributed by atoms with Gasteiger partial charge in [0.05, 0.1) is 30.2 Å². The van der Waals surface area contributed by atoms with Gasteiger partial charge in [-0.3, -0.25) is 19.3 Å². The number of aromatic nitrogens is 3. The largest absolute Gasteiger partial charge is 0.494 e. The van der Waals surface area contributed by atoms with E-state index in [2.05, 4.69) is 48.3 Å². The van der Waals surface area contributed by atoms with Crippen LogP contribution in [0.1, 0.15) is 59.2 Å². The molecule has 3 aromatic rings. The van der Waals surface area contributed by atoms with Crippen LogP contribution in [0, 0.1) is 5.92 Å². The van der Waals surface area contributed by atoms with Crippen LogP contribution in [0.4, 0.5) is 17.2 Å². The molecule has 2 aromatic heterocycles. The smallest absolute Gasteiger partial charge is 0.272 e. The van der Waals surface area contributed by atoms with E-state index in [-0.39, 0.29) is 35.3 Å². The number of likely N-dealkylation sites (tertiary alicyclic amines) is 1. The van der Waals surface area contributed by atoms with Crippen molar-refractivity contribution in [2.75, 3.05) is 37.4 Å². The molecule has 12 nitrogen and oxygen atoms in total. The molecule has 1 saturated carbocycles. The maximum atomic E-state index is 13.2. The summed E-state index contributed by atoms with van der Waals surface area (Å²) >= 11 is 1.28. The van der Waals surface area contributed by atoms with Crippen molar-refractivity contribution < 1.29 is 19.1 Å². The first kappa shape index (κ1) is 32.5. The van der Waals surface area contributed by atoms with Gasteiger partial charge in [0.15, 0.2) is 17.3 Å². The summed E-state index contributed by atoms with van der Waals surface area (Å²) in [6.45, 7) is 4.86. The van der Waals surface area contributed by atoms with Crippen LogP contribution in [0.3, 0.4) is 0 Å². The Kier molecular flexibility index (Phi) is 10.1. The molecule has 45 heavy (non-hydrogen) atoms. The van der Waals surface area contributed by atoms with Gasteiger partial charge in [0.25, 0.3) is 11.8 Å². The number of benzene rings is 1. The number of carbonyl (C=O) groups excluding carboxylic acids is 3. The molecule has 16 heteroatoms. The molecule has 1 aliphatic heterocycles. The normalized spacial score (nSPS) is 16.0. The summed E-state index contributed by atoms with van der Waals surface area (Å²) in [5.41, 5.74) is 1.63. The molecule has 1 aliphatic carbocycles. The lowest BCUT2D eigenvalue weighted by molar-refractivity contribution is -0.117. The number of piperidine rings is 1. The van der Waals surface area contributed by atoms with Crippen LogP contribution < -0.4 is 26.0 Å². The number of hydrogen-bond donors (Lipinski definition) is 4. The lowest BCUT2D eigenvalue weighted by atomic mass is 9.49. The van der Waals surface area contributed by atoms with E-state index in [9.17, 15) is 14.4 Å². The number of rotatable bonds is 12. The van der Waals surface area contributed by atoms with Gasteiger partial charge >= 0.3 is 0 Å². The Balaban J connectivity index is 1.37. The van der Waals surface area contributed by atoms with Crippen LogP contribution in [0.5, 0.6) is 5.75 Å². The quantitative estimate of drug-likeness (QED) is 0.211. The van der Waals surface area contributed by atoms with Crippen molar-refractivity contribution in [2.24, 2.45) is 5.92 Å². The van der Waals surface area contributed by atoms with E-state index in [1.165, 1.54) is 30.6 Å². The van der Waals surface area contributed by atoms with E-state index in [1.807, 2.05) is 35.7 Å². The predicted molar refractivity (Wildman–Crippen MR) is 184 cm³/mol. The number of thiazole rings is 1. The van der Waals surface area contributed by atoms with E-state index in [4.69, 9.17) is 4.74 Å². The molecule has 1 aromatic carbocycles. The fourth-order valence-electron chi connectivity index (χ4n) is 5.18. The number of hydrogen-bond acceptors (Lipinski definition) is 10. The van der Waals surface area contributed by atoms with Gasteiger partial charge in [-0.1, -0.05) is 12.5 Å². The molecule has 4 N–H and O–H groups in total. The molecular formula is C29H39B3N8O4S. The minimum atomic E-state index is -0.507. The SMILES string of the molecule is BC(B)(B)NC(=O)c1nnc(NC(=O)C2CC2)cc1Nc1cccc(-c2ncc(C(=O)NCC(C)N3CCCCC3)s2)c1OC. The highest BCUT2D eigenvalue weighted by Gasteiger charge is 2.30. The van der Waals surface area contributed by atoms with Gasteiger partial charge in [-0.25, -0.2) is 4.98 Å². The van der Waals surface area contributed by atoms with E-state index >= 15 is 0 Å². The van der Waals surface area contributed by atoms with Crippen molar-refractivity contribution in [2.45, 2.75) is 50.3 Å². The average molecular weight is 628 g/mol. The maximum Gasteiger partial charge on any atom is 0.272 e. The number of ether oxygens (including phenoxy) is 1. The zero-order valence-corrected chi connectivity index (χ0v) is 27.3. The summed E-state index contributed by atoms with van der Waals surface area (Å²) in [6.07, 6.45) is 6.95. The fraction of sp³-hybridized carbons (Fsp3) is 0.448. The number of methoxy groups -OCH3 is 1. The van der Waals surface area contributed by atoms with E-state index in [0.29, 0.717) is 39.1 Å². The highest BCUT2D eigenvalue weighted by molar-refractivity contribution is 7.17. The molecule has 0 spiro atoms. The van der Waals surface area contributed by atoms with Crippen molar-refractivity contribution in [1.82, 2.24) is 30.7 Å². The maximum absolute atomic E-state index is 13.2. The third-order valence-corrected chi connectivity index (χ3v) is 8.75. The van der Waals surface area contributed by atoms with Gasteiger partial charge in [-0.05, 0) is 63.1 Å². The van der Waals surface area contributed by atoms with Crippen LogP contribution in [-0.2, 0) is 4.79 Å². The van der Waals surface area contributed by atoms with Crippen molar-refractivity contribution in [3.05, 3.63) is 41.0 Å². The van der Waals surface area contributed by atoms with Crippen LogP contribution in [0.15, 0.2) is 30.5 Å². The van der Waals surface area contributed by atoms with E-state index < -0.39 is 11.1 Å². The van der Waals surface area contributed by atoms with Crippen molar-refractivity contribution >= 4 is 69.8 Å². The van der Waals surface area contributed by atoms with Gasteiger partial charge in [0.1, 0.15) is 33.4 Å². The average Bonchev–Trinajstić information content (AvgIpc) is 3.75. The van der Waals surface area contributed by atoms with Gasteiger partial charge in [0, 0.05) is 24.6 Å². The molecule has 1 atom stereocenters. The molecule has 3 heterocycles. The van der Waals surface area contributed by atoms with Crippen LogP contribution in [0.2, 0.25) is 0 Å². The Morgan fingerprint density at radius 2 is 1.84 bits per heavy atom. The molecule has 0 bridgehead atoms. The van der Waals surface area contributed by atoms with Gasteiger partial charge < -0.3 is 26.0 Å². The first-order valence-electron chi connectivity index (χ1n) is 15.5. The van der Waals surface area contributed by atoms with Crippen molar-refractivity contribution in [3.8, 4) is 16.3 Å². The Hall–Kier alpha value is -3.91. The number of nitrogens with zero attached hydrogens (tertiary/aromatic N) is 4. The monoisotopic (exact) mass is 628 g/mol. The number of amides is 3. The molecule has 2 fully saturated rings. The van der Waals surface area contributed by atoms with Crippen LogP contribution in [0.25, 0.3) is 10.6 Å². The van der Waals surface area contributed by atoms with Crippen molar-refractivity contribution in [3.63, 3.8) is 0 Å². The standard InChI is InChI=1S/C29H39B3N8O4S/c1-16(40-11-4-3-5-12-40)14-33-26(42)21-15-34-28(45-21)18-7-6-8-19(24(18)44-2)35-20-13-22(36-25(41)17-9-10-17)38-39-23(20)27(43)37-29(30,31)32/h6-8,13,15-17H,3-5,9-12,14,30-32H2,1-2H3,(H,33,42)(H,37,43)(H2,35,36,38,41). The minimum Gasteiger partial charge on any atom is -0.494 e. The van der Waals surface area contributed by atoms with Crippen molar-refractivity contribution in [1.29, 1.82) is 0 Å². The van der Waals surface area contributed by atoms with E-state index in [0.717, 1.165) is 25.9 Å². The third kappa shape index (κ3) is 8.43. The topological polar surface area (TPSA) is 150 Å². The Morgan fingerprint density at radius 1 is 1.09 bits per heavy atom. The zero-order valence-electron chi connectivity index (χ0n) is 26.5. The number of anilines is 3. The number of para-hydroxylation sites is 1. The molecule has 1 saturated heterocycles. The first-order chi connectivity index (χ1) is 21.5. The summed E-state index contributed by atoms with van der Waals surface area (Å²) < 4.78 is 5.83. The third-order valence-electron chi connectivity index (χ3n) is 7.72. The summed E-state index contributed by atoms with van der Waals surface area (Å²) in [6, 6.07) is 7.36. The molecule has 0 radical (unpaired) electrons. The Bertz CT molecular complexity index is 1560. The molecule has 2 aliphatic rings. The van der Waals surface area contributed by atoms with Gasteiger partial charge in [0.2, 0.25) is 5.91 Å². The molecular weight excluding hydrogens is 589 g/mol. The van der Waals surface area contributed by atoms with Crippen LogP contribution in [-0.4, -0.2) is 99.4 Å². The van der Waals surface area contributed by atoms with E-state index in [1.54, 1.807) is 25.4 Å². The zero-order chi connectivity index (χ0) is 32.1. The second-order valence-electron chi connectivity index (χ2n) is 12.7. The Morgan fingerprint density at radius 3 is 2.53 bits per heavy atom. The fourth-order valence-corrected chi connectivity index (χ4v) is 6.03. The predicted octanol–water partition coefficient (Wildman–Crippen LogP) is 0.545. The summed E-state index contributed by atoms with van der Waals surface area (Å²) in [5.74, 6) is -0.00700. The summed E-state index contributed by atoms with van der Waals surface area (Å²) in [7, 11) is 7.17. The van der Waals surface area contributed by atoms with Crippen LogP contribution >= 0.6 is 11.3 Å². The number of carbonyl (C=O) groups is 3. The highest BCUT2D eigenvalue weighted by Crippen LogP contribution is 2.40. The minimum absolute atomic E-state index is 0.0211. The highest BCUT2D eigenvalue weighted by atomic mass is 32.1. The lowest BCUT2D eigenvalue weighted by Crippen LogP contribution is -2.50. The second-order valence-corrected chi connectivity index (χ2v) is 13.7. The molecule has 234 valence electrons. The van der Waals surface area contributed by atoms with Gasteiger partial charge in [-0.15, -0.1) is 21.5 Å². The molecule has 3 amide bonds. The first-order valence-corrected chi connectivity index (χ1v) is 16.3. The summed E-state index contributed by atoms with van der Waals surface area (Å²) in [4.78, 5) is 46.1. The van der Waals surface area contributed by atoms with Gasteiger partial charge in [-0.2, -0.15) is 0 Å².